The van der Waals surface area contributed by atoms with Gasteiger partial charge in [-0.05, 0) is 36.1 Å². The van der Waals surface area contributed by atoms with Gasteiger partial charge in [0.2, 0.25) is 0 Å². The molecule has 0 saturated carbocycles. The third-order valence-electron chi connectivity index (χ3n) is 3.40. The first kappa shape index (κ1) is 11.6. The molecule has 17 heavy (non-hydrogen) atoms. The Balaban J connectivity index is 1.87. The highest BCUT2D eigenvalue weighted by atomic mass is 79.9. The third-order valence-corrected chi connectivity index (χ3v) is 5.08. The van der Waals surface area contributed by atoms with Crippen molar-refractivity contribution < 1.29 is 9.53 Å². The van der Waals surface area contributed by atoms with Crippen LogP contribution in [0.25, 0.3) is 0 Å². The molecule has 90 valence electrons. The number of ketones is 1. The van der Waals surface area contributed by atoms with Gasteiger partial charge in [0.15, 0.2) is 5.78 Å². The SMILES string of the molecule is O=C1CC(C2CCSC2)Oc2ccc(Br)cc21. The van der Waals surface area contributed by atoms with Gasteiger partial charge in [0.1, 0.15) is 11.9 Å². The lowest BCUT2D eigenvalue weighted by atomic mass is 9.92. The van der Waals surface area contributed by atoms with Crippen LogP contribution < -0.4 is 4.74 Å². The van der Waals surface area contributed by atoms with Crippen molar-refractivity contribution in [3.05, 3.63) is 28.2 Å². The highest BCUT2D eigenvalue weighted by Gasteiger charge is 2.34. The molecule has 0 bridgehead atoms. The normalized spacial score (nSPS) is 27.7. The zero-order valence-electron chi connectivity index (χ0n) is 9.32. The quantitative estimate of drug-likeness (QED) is 0.793. The molecule has 2 unspecified atom stereocenters. The van der Waals surface area contributed by atoms with Crippen LogP contribution in [0.2, 0.25) is 0 Å². The van der Waals surface area contributed by atoms with Gasteiger partial charge >= 0.3 is 0 Å². The Morgan fingerprint density at radius 3 is 3.06 bits per heavy atom. The van der Waals surface area contributed by atoms with Crippen molar-refractivity contribution in [1.29, 1.82) is 0 Å². The fourth-order valence-corrected chi connectivity index (χ4v) is 4.11. The standard InChI is InChI=1S/C13H13BrO2S/c14-9-1-2-12-10(5-9)11(15)6-13(16-12)8-3-4-17-7-8/h1-2,5,8,13H,3-4,6-7H2. The van der Waals surface area contributed by atoms with Crippen LogP contribution in [0.5, 0.6) is 5.75 Å². The molecule has 2 aliphatic heterocycles. The zero-order valence-corrected chi connectivity index (χ0v) is 11.7. The van der Waals surface area contributed by atoms with Crippen LogP contribution in [-0.2, 0) is 0 Å². The van der Waals surface area contributed by atoms with E-state index in [4.69, 9.17) is 4.74 Å². The molecule has 0 aliphatic carbocycles. The summed E-state index contributed by atoms with van der Waals surface area (Å²) < 4.78 is 6.92. The summed E-state index contributed by atoms with van der Waals surface area (Å²) in [6.45, 7) is 0. The van der Waals surface area contributed by atoms with Gasteiger partial charge in [0, 0.05) is 16.8 Å². The van der Waals surface area contributed by atoms with Gasteiger partial charge in [-0.15, -0.1) is 0 Å². The first-order valence-corrected chi connectivity index (χ1v) is 7.76. The summed E-state index contributed by atoms with van der Waals surface area (Å²) in [7, 11) is 0. The number of carbonyl (C=O) groups is 1. The fourth-order valence-electron chi connectivity index (χ4n) is 2.43. The highest BCUT2D eigenvalue weighted by Crippen LogP contribution is 2.36. The maximum absolute atomic E-state index is 12.1. The van der Waals surface area contributed by atoms with E-state index in [-0.39, 0.29) is 11.9 Å². The van der Waals surface area contributed by atoms with Gasteiger partial charge in [-0.2, -0.15) is 11.8 Å². The zero-order chi connectivity index (χ0) is 11.8. The molecule has 2 aliphatic rings. The molecule has 2 nitrogen and oxygen atoms in total. The number of hydrogen-bond donors (Lipinski definition) is 0. The number of ether oxygens (including phenoxy) is 1. The second-order valence-corrected chi connectivity index (χ2v) is 6.61. The maximum Gasteiger partial charge on any atom is 0.170 e. The molecule has 0 aromatic heterocycles. The van der Waals surface area contributed by atoms with E-state index in [1.807, 2.05) is 30.0 Å². The minimum Gasteiger partial charge on any atom is -0.489 e. The minimum atomic E-state index is 0.0891. The van der Waals surface area contributed by atoms with Crippen molar-refractivity contribution in [2.75, 3.05) is 11.5 Å². The number of benzene rings is 1. The second-order valence-electron chi connectivity index (χ2n) is 4.55. The number of carbonyl (C=O) groups excluding carboxylic acids is 1. The maximum atomic E-state index is 12.1. The Morgan fingerprint density at radius 2 is 2.29 bits per heavy atom. The topological polar surface area (TPSA) is 26.3 Å². The van der Waals surface area contributed by atoms with Crippen molar-refractivity contribution in [3.63, 3.8) is 0 Å². The lowest BCUT2D eigenvalue weighted by molar-refractivity contribution is 0.0761. The molecule has 2 atom stereocenters. The van der Waals surface area contributed by atoms with Crippen molar-refractivity contribution in [2.24, 2.45) is 5.92 Å². The number of fused-ring (bicyclic) bond motifs is 1. The van der Waals surface area contributed by atoms with E-state index in [9.17, 15) is 4.79 Å². The largest absolute Gasteiger partial charge is 0.489 e. The first-order chi connectivity index (χ1) is 8.24. The Morgan fingerprint density at radius 1 is 1.41 bits per heavy atom. The predicted molar refractivity (Wildman–Crippen MR) is 72.9 cm³/mol. The summed E-state index contributed by atoms with van der Waals surface area (Å²) in [6.07, 6.45) is 1.80. The Kier molecular flexibility index (Phi) is 3.17. The molecule has 2 heterocycles. The number of thioether (sulfide) groups is 1. The smallest absolute Gasteiger partial charge is 0.170 e. The van der Waals surface area contributed by atoms with Crippen LogP contribution in [0, 0.1) is 5.92 Å². The van der Waals surface area contributed by atoms with Gasteiger partial charge in [-0.3, -0.25) is 4.79 Å². The molecule has 4 heteroatoms. The summed E-state index contributed by atoms with van der Waals surface area (Å²) in [5, 5.41) is 0. The molecule has 0 spiro atoms. The first-order valence-electron chi connectivity index (χ1n) is 5.81. The lowest BCUT2D eigenvalue weighted by Crippen LogP contribution is -2.33. The molecule has 0 amide bonds. The Bertz CT molecular complexity index is 455. The van der Waals surface area contributed by atoms with E-state index in [1.54, 1.807) is 0 Å². The van der Waals surface area contributed by atoms with Crippen LogP contribution in [0.4, 0.5) is 0 Å². The van der Waals surface area contributed by atoms with Gasteiger partial charge in [-0.1, -0.05) is 15.9 Å². The van der Waals surface area contributed by atoms with Crippen molar-refractivity contribution in [1.82, 2.24) is 0 Å². The summed E-state index contributed by atoms with van der Waals surface area (Å²) >= 11 is 5.35. The van der Waals surface area contributed by atoms with Crippen LogP contribution in [0.3, 0.4) is 0 Å². The van der Waals surface area contributed by atoms with Gasteiger partial charge in [-0.25, -0.2) is 0 Å². The summed E-state index contributed by atoms with van der Waals surface area (Å²) in [6, 6.07) is 5.68. The predicted octanol–water partition coefficient (Wildman–Crippen LogP) is 3.54. The average molecular weight is 313 g/mol. The number of Topliss-reactive ketones (excluding diaryl/α,β-unsaturated/α-hetero) is 1. The highest BCUT2D eigenvalue weighted by molar-refractivity contribution is 9.10. The third kappa shape index (κ3) is 2.25. The molecular formula is C13H13BrO2S. The van der Waals surface area contributed by atoms with Crippen molar-refractivity contribution >= 4 is 33.5 Å². The molecule has 3 rings (SSSR count). The fraction of sp³-hybridized carbons (Fsp3) is 0.462. The summed E-state index contributed by atoms with van der Waals surface area (Å²) in [4.78, 5) is 12.1. The summed E-state index contributed by atoms with van der Waals surface area (Å²) in [5.74, 6) is 3.84. The van der Waals surface area contributed by atoms with Gasteiger partial charge in [0.05, 0.1) is 5.56 Å². The molecule has 1 fully saturated rings. The lowest BCUT2D eigenvalue weighted by Gasteiger charge is -2.29. The van der Waals surface area contributed by atoms with Crippen LogP contribution in [-0.4, -0.2) is 23.4 Å². The molecule has 1 aromatic rings. The number of rotatable bonds is 1. The van der Waals surface area contributed by atoms with E-state index in [1.165, 1.54) is 12.2 Å². The number of halogens is 1. The van der Waals surface area contributed by atoms with Crippen molar-refractivity contribution in [2.45, 2.75) is 18.9 Å². The molecule has 1 aromatic carbocycles. The second kappa shape index (κ2) is 4.65. The van der Waals surface area contributed by atoms with E-state index in [0.717, 1.165) is 21.5 Å². The van der Waals surface area contributed by atoms with E-state index >= 15 is 0 Å². The van der Waals surface area contributed by atoms with Gasteiger partial charge < -0.3 is 4.74 Å². The average Bonchev–Trinajstić information content (AvgIpc) is 2.83. The van der Waals surface area contributed by atoms with Crippen LogP contribution in [0.15, 0.2) is 22.7 Å². The summed E-state index contributed by atoms with van der Waals surface area (Å²) in [5.41, 5.74) is 0.723. The Hall–Kier alpha value is -0.480. The van der Waals surface area contributed by atoms with E-state index in [0.29, 0.717) is 12.3 Å². The van der Waals surface area contributed by atoms with Crippen LogP contribution >= 0.6 is 27.7 Å². The Labute approximate surface area is 113 Å². The monoisotopic (exact) mass is 312 g/mol. The molecule has 0 N–H and O–H groups in total. The minimum absolute atomic E-state index is 0.0891. The molecule has 0 radical (unpaired) electrons. The van der Waals surface area contributed by atoms with Gasteiger partial charge in [0.25, 0.3) is 0 Å². The molecule has 1 saturated heterocycles. The number of hydrogen-bond acceptors (Lipinski definition) is 3. The van der Waals surface area contributed by atoms with Crippen LogP contribution in [0.1, 0.15) is 23.2 Å². The van der Waals surface area contributed by atoms with E-state index in [2.05, 4.69) is 15.9 Å². The van der Waals surface area contributed by atoms with Crippen molar-refractivity contribution in [3.8, 4) is 5.75 Å². The molecular weight excluding hydrogens is 300 g/mol. The van der Waals surface area contributed by atoms with E-state index < -0.39 is 0 Å².